The molecule has 10 heteroatoms. The van der Waals surface area contributed by atoms with Gasteiger partial charge in [0, 0.05) is 31.5 Å². The smallest absolute Gasteiger partial charge is 0.243 e. The van der Waals surface area contributed by atoms with Gasteiger partial charge in [0.15, 0.2) is 11.7 Å². The van der Waals surface area contributed by atoms with Gasteiger partial charge in [-0.1, -0.05) is 13.8 Å². The fourth-order valence-electron chi connectivity index (χ4n) is 3.09. The molecular formula is C22H24FN3O5S. The van der Waals surface area contributed by atoms with Gasteiger partial charge in [-0.15, -0.1) is 0 Å². The molecule has 3 aromatic rings. The summed E-state index contributed by atoms with van der Waals surface area (Å²) in [6.45, 7) is 4.07. The number of hydrogen-bond acceptors (Lipinski definition) is 6. The molecule has 2 aromatic carbocycles. The highest BCUT2D eigenvalue weighted by Crippen LogP contribution is 2.28. The highest BCUT2D eigenvalue weighted by atomic mass is 32.2. The van der Waals surface area contributed by atoms with Gasteiger partial charge in [0.05, 0.1) is 16.8 Å². The molecule has 0 aliphatic carbocycles. The van der Waals surface area contributed by atoms with Crippen LogP contribution in [0, 0.1) is 5.82 Å². The summed E-state index contributed by atoms with van der Waals surface area (Å²) in [5.41, 5.74) is 0.661. The van der Waals surface area contributed by atoms with Crippen molar-refractivity contribution < 1.29 is 27.1 Å². The van der Waals surface area contributed by atoms with Crippen molar-refractivity contribution in [1.29, 1.82) is 0 Å². The van der Waals surface area contributed by atoms with Gasteiger partial charge in [0.2, 0.25) is 15.9 Å². The van der Waals surface area contributed by atoms with Crippen LogP contribution in [0.15, 0.2) is 58.0 Å². The number of nitrogens with one attached hydrogen (secondary N) is 1. The van der Waals surface area contributed by atoms with E-state index in [1.807, 2.05) is 0 Å². The Kier molecular flexibility index (Phi) is 7.26. The lowest BCUT2D eigenvalue weighted by atomic mass is 10.2. The number of anilines is 1. The van der Waals surface area contributed by atoms with Crippen molar-refractivity contribution in [3.63, 3.8) is 0 Å². The van der Waals surface area contributed by atoms with Crippen LogP contribution in [0.5, 0.6) is 5.75 Å². The predicted molar refractivity (Wildman–Crippen MR) is 117 cm³/mol. The molecule has 2 N–H and O–H groups in total. The summed E-state index contributed by atoms with van der Waals surface area (Å²) < 4.78 is 45.3. The summed E-state index contributed by atoms with van der Waals surface area (Å²) in [5.74, 6) is -0.276. The van der Waals surface area contributed by atoms with Crippen molar-refractivity contribution >= 4 is 21.6 Å². The zero-order valence-electron chi connectivity index (χ0n) is 17.7. The molecule has 3 rings (SSSR count). The number of aromatic nitrogens is 1. The number of oxazole rings is 1. The van der Waals surface area contributed by atoms with Crippen molar-refractivity contribution in [3.8, 4) is 17.1 Å². The Morgan fingerprint density at radius 1 is 1.16 bits per heavy atom. The molecule has 0 aliphatic heterocycles. The molecule has 32 heavy (non-hydrogen) atoms. The number of nitrogens with zero attached hydrogens (tertiary/aromatic N) is 2. The number of aryl methyl sites for hydroxylation is 1. The number of carbonyl (C=O) groups excluding carboxylic acids is 1. The molecule has 0 saturated carbocycles. The van der Waals surface area contributed by atoms with Crippen LogP contribution in [0.4, 0.5) is 10.1 Å². The van der Waals surface area contributed by atoms with Crippen LogP contribution in [0.2, 0.25) is 0 Å². The molecule has 0 spiro atoms. The van der Waals surface area contributed by atoms with Crippen molar-refractivity contribution in [2.75, 3.05) is 18.4 Å². The minimum atomic E-state index is -3.74. The molecule has 0 bridgehead atoms. The fraction of sp³-hybridized carbons (Fsp3) is 0.273. The molecule has 0 unspecified atom stereocenters. The van der Waals surface area contributed by atoms with Gasteiger partial charge in [-0.3, -0.25) is 4.79 Å². The van der Waals surface area contributed by atoms with Crippen LogP contribution in [-0.2, 0) is 21.2 Å². The van der Waals surface area contributed by atoms with E-state index in [0.717, 1.165) is 0 Å². The lowest BCUT2D eigenvalue weighted by molar-refractivity contribution is -0.116. The van der Waals surface area contributed by atoms with Gasteiger partial charge >= 0.3 is 0 Å². The SMILES string of the molecule is CCN(CC)S(=O)(=O)c1ccc(O)c(NC(=O)CCc2ncc(-c3ccc(F)cc3)o2)c1. The molecule has 0 radical (unpaired) electrons. The highest BCUT2D eigenvalue weighted by Gasteiger charge is 2.23. The highest BCUT2D eigenvalue weighted by molar-refractivity contribution is 7.89. The standard InChI is InChI=1S/C22H24FN3O5S/c1-3-26(4-2)32(29,30)17-9-10-19(27)18(13-17)25-21(28)11-12-22-24-14-20(31-22)15-5-7-16(23)8-6-15/h5-10,13-14,27H,3-4,11-12H2,1-2H3,(H,25,28). The minimum Gasteiger partial charge on any atom is -0.506 e. The van der Waals surface area contributed by atoms with Gasteiger partial charge < -0.3 is 14.8 Å². The van der Waals surface area contributed by atoms with E-state index in [1.165, 1.54) is 40.8 Å². The van der Waals surface area contributed by atoms with E-state index in [2.05, 4.69) is 10.3 Å². The Bertz CT molecular complexity index is 1190. The summed E-state index contributed by atoms with van der Waals surface area (Å²) in [6.07, 6.45) is 1.68. The summed E-state index contributed by atoms with van der Waals surface area (Å²) in [4.78, 5) is 16.5. The lowest BCUT2D eigenvalue weighted by Crippen LogP contribution is -2.30. The maximum atomic E-state index is 13.0. The van der Waals surface area contributed by atoms with Gasteiger partial charge in [-0.25, -0.2) is 17.8 Å². The van der Waals surface area contributed by atoms with Gasteiger partial charge in [-0.2, -0.15) is 4.31 Å². The predicted octanol–water partition coefficient (Wildman–Crippen LogP) is 3.79. The van der Waals surface area contributed by atoms with E-state index in [-0.39, 0.29) is 35.0 Å². The first-order chi connectivity index (χ1) is 15.2. The van der Waals surface area contributed by atoms with Gasteiger partial charge in [0.1, 0.15) is 11.6 Å². The zero-order valence-corrected chi connectivity index (χ0v) is 18.5. The quantitative estimate of drug-likeness (QED) is 0.469. The third-order valence-electron chi connectivity index (χ3n) is 4.83. The zero-order chi connectivity index (χ0) is 23.3. The van der Waals surface area contributed by atoms with Crippen LogP contribution in [0.1, 0.15) is 26.2 Å². The van der Waals surface area contributed by atoms with Crippen LogP contribution in [0.25, 0.3) is 11.3 Å². The summed E-state index contributed by atoms with van der Waals surface area (Å²) in [5, 5.41) is 12.6. The fourth-order valence-corrected chi connectivity index (χ4v) is 4.58. The number of benzene rings is 2. The topological polar surface area (TPSA) is 113 Å². The van der Waals surface area contributed by atoms with Crippen LogP contribution in [0.3, 0.4) is 0 Å². The largest absolute Gasteiger partial charge is 0.506 e. The van der Waals surface area contributed by atoms with E-state index < -0.39 is 15.9 Å². The van der Waals surface area contributed by atoms with Crippen LogP contribution in [-0.4, -0.2) is 41.8 Å². The van der Waals surface area contributed by atoms with Crippen molar-refractivity contribution in [3.05, 3.63) is 60.4 Å². The van der Waals surface area contributed by atoms with Crippen molar-refractivity contribution in [2.24, 2.45) is 0 Å². The monoisotopic (exact) mass is 461 g/mol. The van der Waals surface area contributed by atoms with Gasteiger partial charge in [0.25, 0.3) is 0 Å². The molecule has 1 heterocycles. The number of rotatable bonds is 9. The third kappa shape index (κ3) is 5.32. The maximum Gasteiger partial charge on any atom is 0.243 e. The average Bonchev–Trinajstić information content (AvgIpc) is 3.24. The Balaban J connectivity index is 1.66. The molecule has 0 fully saturated rings. The second-order valence-corrected chi connectivity index (χ2v) is 8.88. The number of phenols is 1. The van der Waals surface area contributed by atoms with E-state index in [9.17, 15) is 22.7 Å². The molecule has 1 aromatic heterocycles. The Labute approximate surface area is 185 Å². The number of sulfonamides is 1. The minimum absolute atomic E-state index is 0.00244. The molecule has 170 valence electrons. The van der Waals surface area contributed by atoms with Crippen LogP contribution >= 0.6 is 0 Å². The Morgan fingerprint density at radius 3 is 2.50 bits per heavy atom. The molecular weight excluding hydrogens is 437 g/mol. The molecule has 1 amide bonds. The maximum absolute atomic E-state index is 13.0. The number of phenolic OH excluding ortho intramolecular Hbond substituents is 1. The van der Waals surface area contributed by atoms with E-state index in [0.29, 0.717) is 30.3 Å². The summed E-state index contributed by atoms with van der Waals surface area (Å²) in [6, 6.07) is 9.51. The number of hydrogen-bond donors (Lipinski definition) is 2. The van der Waals surface area contributed by atoms with Gasteiger partial charge in [-0.05, 0) is 42.5 Å². The van der Waals surface area contributed by atoms with E-state index >= 15 is 0 Å². The first kappa shape index (κ1) is 23.4. The first-order valence-electron chi connectivity index (χ1n) is 10.1. The summed E-state index contributed by atoms with van der Waals surface area (Å²) >= 11 is 0. The number of amides is 1. The number of carbonyl (C=O) groups is 1. The summed E-state index contributed by atoms with van der Waals surface area (Å²) in [7, 11) is -3.74. The van der Waals surface area contributed by atoms with E-state index in [4.69, 9.17) is 4.42 Å². The lowest BCUT2D eigenvalue weighted by Gasteiger charge is -2.19. The number of aromatic hydroxyl groups is 1. The number of halogens is 1. The second-order valence-electron chi connectivity index (χ2n) is 6.94. The van der Waals surface area contributed by atoms with Crippen LogP contribution < -0.4 is 5.32 Å². The Morgan fingerprint density at radius 2 is 1.84 bits per heavy atom. The second kappa shape index (κ2) is 9.92. The molecule has 8 nitrogen and oxygen atoms in total. The molecule has 0 aliphatic rings. The molecule has 0 saturated heterocycles. The third-order valence-corrected chi connectivity index (χ3v) is 6.88. The van der Waals surface area contributed by atoms with Crippen molar-refractivity contribution in [2.45, 2.75) is 31.6 Å². The average molecular weight is 462 g/mol. The first-order valence-corrected chi connectivity index (χ1v) is 11.5. The van der Waals surface area contributed by atoms with E-state index in [1.54, 1.807) is 26.0 Å². The Hall–Kier alpha value is -3.24. The normalized spacial score (nSPS) is 11.6. The molecule has 0 atom stereocenters. The van der Waals surface area contributed by atoms with Crippen molar-refractivity contribution in [1.82, 2.24) is 9.29 Å².